The molecule has 5 nitrogen and oxygen atoms in total. The minimum Gasteiger partial charge on any atom is -0.477 e. The Kier molecular flexibility index (Phi) is 9.22. The molecule has 0 radical (unpaired) electrons. The summed E-state index contributed by atoms with van der Waals surface area (Å²) >= 11 is 0. The van der Waals surface area contributed by atoms with Crippen LogP contribution in [0.1, 0.15) is 46.2 Å². The number of nitrogens with zero attached hydrogens (tertiary/aromatic N) is 3. The number of hydrogen-bond acceptors (Lipinski definition) is 4. The smallest absolute Gasteiger partial charge is 0.346 e. The first kappa shape index (κ1) is 29.7. The molecule has 1 N–H and O–H groups in total. The Labute approximate surface area is 265 Å². The van der Waals surface area contributed by atoms with Gasteiger partial charge in [0.1, 0.15) is 11.6 Å². The Morgan fingerprint density at radius 3 is 1.67 bits per heavy atom. The molecule has 0 bridgehead atoms. The SMILES string of the molecule is N#CC(=CC=CC=C(c1ccc2c(c1)CCCN2Cc1ccccc1)c1ccc2c(c1)CCCN2Cc1ccccc1)C(=O)O. The molecule has 0 saturated carbocycles. The van der Waals surface area contributed by atoms with Crippen molar-refractivity contribution in [2.75, 3.05) is 22.9 Å². The van der Waals surface area contributed by atoms with Gasteiger partial charge in [0, 0.05) is 37.6 Å². The second-order valence-electron chi connectivity index (χ2n) is 11.7. The molecule has 2 aliphatic rings. The third-order valence-electron chi connectivity index (χ3n) is 8.63. The summed E-state index contributed by atoms with van der Waals surface area (Å²) in [5.41, 5.74) is 10.9. The molecule has 4 aromatic rings. The van der Waals surface area contributed by atoms with E-state index in [0.29, 0.717) is 0 Å². The molecule has 224 valence electrons. The third kappa shape index (κ3) is 7.08. The summed E-state index contributed by atoms with van der Waals surface area (Å²) in [6.07, 6.45) is 11.1. The van der Waals surface area contributed by atoms with Crippen molar-refractivity contribution in [3.05, 3.63) is 160 Å². The minimum atomic E-state index is -1.23. The number of carboxylic acid groups (broad SMARTS) is 1. The average molecular weight is 592 g/mol. The molecule has 0 atom stereocenters. The maximum absolute atomic E-state index is 11.3. The molecule has 0 fully saturated rings. The molecule has 0 spiro atoms. The summed E-state index contributed by atoms with van der Waals surface area (Å²) < 4.78 is 0. The Morgan fingerprint density at radius 2 is 1.20 bits per heavy atom. The van der Waals surface area contributed by atoms with Crippen molar-refractivity contribution in [2.45, 2.75) is 38.8 Å². The summed E-state index contributed by atoms with van der Waals surface area (Å²) in [6, 6.07) is 36.5. The monoisotopic (exact) mass is 591 g/mol. The zero-order chi connectivity index (χ0) is 31.0. The Morgan fingerprint density at radius 1 is 0.711 bits per heavy atom. The molecular weight excluding hydrogens is 554 g/mol. The highest BCUT2D eigenvalue weighted by Crippen LogP contribution is 2.36. The van der Waals surface area contributed by atoms with E-state index in [1.165, 1.54) is 39.7 Å². The van der Waals surface area contributed by atoms with Crippen LogP contribution in [0.4, 0.5) is 11.4 Å². The summed E-state index contributed by atoms with van der Waals surface area (Å²) in [5, 5.41) is 18.4. The molecule has 2 heterocycles. The van der Waals surface area contributed by atoms with Crippen LogP contribution in [-0.4, -0.2) is 24.2 Å². The summed E-state index contributed by atoms with van der Waals surface area (Å²) in [6.45, 7) is 3.85. The van der Waals surface area contributed by atoms with Crippen LogP contribution in [0.3, 0.4) is 0 Å². The van der Waals surface area contributed by atoms with Gasteiger partial charge in [-0.2, -0.15) is 5.26 Å². The number of carbonyl (C=O) groups is 1. The molecule has 5 heteroatoms. The fourth-order valence-electron chi connectivity index (χ4n) is 6.44. The summed E-state index contributed by atoms with van der Waals surface area (Å²) in [7, 11) is 0. The highest BCUT2D eigenvalue weighted by atomic mass is 16.4. The average Bonchev–Trinajstić information content (AvgIpc) is 3.07. The second-order valence-corrected chi connectivity index (χ2v) is 11.7. The van der Waals surface area contributed by atoms with Gasteiger partial charge in [-0.1, -0.05) is 91.0 Å². The van der Waals surface area contributed by atoms with Gasteiger partial charge in [-0.15, -0.1) is 0 Å². The first-order chi connectivity index (χ1) is 22.1. The van der Waals surface area contributed by atoms with Crippen molar-refractivity contribution in [3.63, 3.8) is 0 Å². The van der Waals surface area contributed by atoms with E-state index in [0.717, 1.165) is 68.6 Å². The number of fused-ring (bicyclic) bond motifs is 2. The van der Waals surface area contributed by atoms with Crippen LogP contribution < -0.4 is 9.80 Å². The molecule has 0 unspecified atom stereocenters. The molecule has 0 aliphatic carbocycles. The Hall–Kier alpha value is -5.34. The van der Waals surface area contributed by atoms with Crippen LogP contribution in [0, 0.1) is 11.3 Å². The number of carboxylic acids is 1. The predicted octanol–water partition coefficient (Wildman–Crippen LogP) is 8.11. The van der Waals surface area contributed by atoms with Crippen LogP contribution in [0.15, 0.2) is 127 Å². The summed E-state index contributed by atoms with van der Waals surface area (Å²) in [5.74, 6) is -1.23. The van der Waals surface area contributed by atoms with Crippen molar-refractivity contribution in [1.82, 2.24) is 0 Å². The molecule has 6 rings (SSSR count). The van der Waals surface area contributed by atoms with Crippen LogP contribution in [0.25, 0.3) is 5.57 Å². The fourth-order valence-corrected chi connectivity index (χ4v) is 6.44. The second kappa shape index (κ2) is 14.0. The van der Waals surface area contributed by atoms with Crippen LogP contribution in [-0.2, 0) is 30.7 Å². The quantitative estimate of drug-likeness (QED) is 0.121. The predicted molar refractivity (Wildman–Crippen MR) is 182 cm³/mol. The van der Waals surface area contributed by atoms with Crippen molar-refractivity contribution >= 4 is 22.9 Å². The zero-order valence-corrected chi connectivity index (χ0v) is 25.4. The maximum atomic E-state index is 11.3. The number of allylic oxidation sites excluding steroid dienone is 4. The molecular formula is C40H37N3O2. The van der Waals surface area contributed by atoms with Crippen molar-refractivity contribution < 1.29 is 9.90 Å². The van der Waals surface area contributed by atoms with Crippen LogP contribution >= 0.6 is 0 Å². The first-order valence-electron chi connectivity index (χ1n) is 15.7. The maximum Gasteiger partial charge on any atom is 0.346 e. The standard InChI is InChI=1S/C40H37N3O2/c41-27-36(40(44)45)15-7-8-18-37(32-19-21-38-34(25-32)16-9-23-42(38)28-30-11-3-1-4-12-30)33-20-22-39-35(26-33)17-10-24-43(39)29-31-13-5-2-6-14-31/h1-8,11-15,18-22,25-26H,9-10,16-17,23-24,28-29H2,(H,44,45). The van der Waals surface area contributed by atoms with Gasteiger partial charge in [-0.05, 0) is 95.0 Å². The van der Waals surface area contributed by atoms with E-state index in [1.807, 2.05) is 12.2 Å². The van der Waals surface area contributed by atoms with E-state index in [9.17, 15) is 9.90 Å². The number of benzene rings is 4. The number of hydrogen-bond donors (Lipinski definition) is 1. The van der Waals surface area contributed by atoms with Gasteiger partial charge in [-0.25, -0.2) is 4.79 Å². The largest absolute Gasteiger partial charge is 0.477 e. The lowest BCUT2D eigenvalue weighted by Crippen LogP contribution is -2.29. The van der Waals surface area contributed by atoms with Gasteiger partial charge < -0.3 is 14.9 Å². The number of nitriles is 1. The normalized spacial score (nSPS) is 14.4. The molecule has 0 aromatic heterocycles. The molecule has 2 aliphatic heterocycles. The van der Waals surface area contributed by atoms with Crippen LogP contribution in [0.5, 0.6) is 0 Å². The lowest BCUT2D eigenvalue weighted by molar-refractivity contribution is -0.132. The number of aryl methyl sites for hydroxylation is 2. The first-order valence-corrected chi connectivity index (χ1v) is 15.7. The van der Waals surface area contributed by atoms with Crippen molar-refractivity contribution in [2.24, 2.45) is 0 Å². The third-order valence-corrected chi connectivity index (χ3v) is 8.63. The molecule has 45 heavy (non-hydrogen) atoms. The van der Waals surface area contributed by atoms with Crippen molar-refractivity contribution in [1.29, 1.82) is 5.26 Å². The van der Waals surface area contributed by atoms with Gasteiger partial charge in [0.25, 0.3) is 0 Å². The number of aliphatic carboxylic acids is 1. The van der Waals surface area contributed by atoms with Gasteiger partial charge in [0.2, 0.25) is 0 Å². The van der Waals surface area contributed by atoms with E-state index in [1.54, 1.807) is 12.1 Å². The van der Waals surface area contributed by atoms with E-state index in [2.05, 4.69) is 107 Å². The molecule has 0 saturated heterocycles. The lowest BCUT2D eigenvalue weighted by Gasteiger charge is -2.32. The lowest BCUT2D eigenvalue weighted by atomic mass is 9.90. The Balaban J connectivity index is 1.34. The highest BCUT2D eigenvalue weighted by Gasteiger charge is 2.21. The van der Waals surface area contributed by atoms with E-state index in [4.69, 9.17) is 5.26 Å². The van der Waals surface area contributed by atoms with Crippen LogP contribution in [0.2, 0.25) is 0 Å². The topological polar surface area (TPSA) is 67.6 Å². The van der Waals surface area contributed by atoms with Crippen molar-refractivity contribution in [3.8, 4) is 6.07 Å². The van der Waals surface area contributed by atoms with Gasteiger partial charge >= 0.3 is 5.97 Å². The van der Waals surface area contributed by atoms with E-state index >= 15 is 0 Å². The Bertz CT molecular complexity index is 1690. The number of anilines is 2. The highest BCUT2D eigenvalue weighted by molar-refractivity contribution is 5.91. The van der Waals surface area contributed by atoms with Gasteiger partial charge in [-0.3, -0.25) is 0 Å². The van der Waals surface area contributed by atoms with Gasteiger partial charge in [0.05, 0.1) is 0 Å². The zero-order valence-electron chi connectivity index (χ0n) is 25.4. The minimum absolute atomic E-state index is 0.291. The van der Waals surface area contributed by atoms with E-state index < -0.39 is 5.97 Å². The van der Waals surface area contributed by atoms with Gasteiger partial charge in [0.15, 0.2) is 0 Å². The summed E-state index contributed by atoms with van der Waals surface area (Å²) in [4.78, 5) is 16.3. The fraction of sp³-hybridized carbons (Fsp3) is 0.200. The molecule has 0 amide bonds. The number of rotatable bonds is 9. The van der Waals surface area contributed by atoms with E-state index in [-0.39, 0.29) is 5.57 Å². The molecule has 4 aromatic carbocycles.